The summed E-state index contributed by atoms with van der Waals surface area (Å²) in [6, 6.07) is 0. The van der Waals surface area contributed by atoms with Gasteiger partial charge in [0, 0.05) is 5.92 Å². The minimum Gasteiger partial charge on any atom is -0.450 e. The van der Waals surface area contributed by atoms with E-state index in [0.29, 0.717) is 0 Å². The van der Waals surface area contributed by atoms with E-state index in [1.807, 2.05) is 0 Å². The topological polar surface area (TPSA) is 55.8 Å². The van der Waals surface area contributed by atoms with Crippen molar-refractivity contribution < 1.29 is 19.4 Å². The summed E-state index contributed by atoms with van der Waals surface area (Å²) in [7, 11) is 0. The highest BCUT2D eigenvalue weighted by Gasteiger charge is 2.34. The van der Waals surface area contributed by atoms with Crippen molar-refractivity contribution in [1.29, 1.82) is 0 Å². The fourth-order valence-corrected chi connectivity index (χ4v) is 0.839. The highest BCUT2D eigenvalue weighted by atomic mass is 16.6. The first-order chi connectivity index (χ1) is 6.31. The van der Waals surface area contributed by atoms with Crippen LogP contribution in [0.15, 0.2) is 0 Å². The molecule has 0 saturated carbocycles. The first-order valence-corrected chi connectivity index (χ1v) is 4.37. The quantitative estimate of drug-likeness (QED) is 0.340. The highest BCUT2D eigenvalue weighted by Crippen LogP contribution is 2.14. The van der Waals surface area contributed by atoms with E-state index >= 15 is 0 Å². The molecule has 0 aliphatic carbocycles. The van der Waals surface area contributed by atoms with Gasteiger partial charge in [0.25, 0.3) is 0 Å². The Balaban J connectivity index is 2.47. The van der Waals surface area contributed by atoms with E-state index in [9.17, 15) is 9.90 Å². The third-order valence-corrected chi connectivity index (χ3v) is 1.48. The first-order valence-electron chi connectivity index (χ1n) is 4.37. The summed E-state index contributed by atoms with van der Waals surface area (Å²) in [5, 5.41) is 9.45. The largest absolute Gasteiger partial charge is 0.450 e. The fourth-order valence-electron chi connectivity index (χ4n) is 0.839. The minimum absolute atomic E-state index is 0.156. The van der Waals surface area contributed by atoms with E-state index in [1.54, 1.807) is 20.8 Å². The number of carbonyl (C=O) groups is 1. The van der Waals surface area contributed by atoms with Crippen molar-refractivity contribution in [3.63, 3.8) is 0 Å². The summed E-state index contributed by atoms with van der Waals surface area (Å²) >= 11 is 0. The molecule has 0 aromatic heterocycles. The number of hydrogen-bond acceptors (Lipinski definition) is 4. The zero-order chi connectivity index (χ0) is 10.8. The zero-order valence-corrected chi connectivity index (χ0v) is 8.59. The van der Waals surface area contributed by atoms with E-state index in [-0.39, 0.29) is 13.2 Å². The van der Waals surface area contributed by atoms with Crippen LogP contribution in [-0.4, -0.2) is 35.5 Å². The Bertz CT molecular complexity index is 285. The molecule has 0 aromatic carbocycles. The van der Waals surface area contributed by atoms with E-state index in [4.69, 9.17) is 9.47 Å². The van der Waals surface area contributed by atoms with Gasteiger partial charge in [0.2, 0.25) is 0 Å². The number of rotatable bonds is 0. The second-order valence-electron chi connectivity index (χ2n) is 4.28. The van der Waals surface area contributed by atoms with Crippen LogP contribution in [0.2, 0.25) is 0 Å². The third-order valence-electron chi connectivity index (χ3n) is 1.48. The van der Waals surface area contributed by atoms with Crippen molar-refractivity contribution in [2.75, 3.05) is 13.2 Å². The first kappa shape index (κ1) is 11.0. The Labute approximate surface area is 83.2 Å². The lowest BCUT2D eigenvalue weighted by Gasteiger charge is -2.30. The molecule has 0 atom stereocenters. The Morgan fingerprint density at radius 2 is 2.07 bits per heavy atom. The molecular formula is C10H14O4. The fraction of sp³-hybridized carbons (Fsp3) is 0.700. The molecule has 0 radical (unpaired) electrons. The molecule has 78 valence electrons. The van der Waals surface area contributed by atoms with Crippen molar-refractivity contribution in [2.45, 2.75) is 32.0 Å². The standard InChI is InChI=1S/C10H14O4/c1-9(2,3)14-8(11)4-5-10(12)6-13-7-10/h12H,6-7H2,1-3H3. The molecular weight excluding hydrogens is 184 g/mol. The summed E-state index contributed by atoms with van der Waals surface area (Å²) in [5.74, 6) is 4.04. The normalized spacial score (nSPS) is 18.9. The van der Waals surface area contributed by atoms with Crippen molar-refractivity contribution in [1.82, 2.24) is 0 Å². The Hall–Kier alpha value is -1.05. The molecule has 0 bridgehead atoms. The molecule has 4 nitrogen and oxygen atoms in total. The summed E-state index contributed by atoms with van der Waals surface area (Å²) in [5.41, 5.74) is -1.71. The molecule has 4 heteroatoms. The van der Waals surface area contributed by atoms with Crippen LogP contribution >= 0.6 is 0 Å². The molecule has 14 heavy (non-hydrogen) atoms. The van der Waals surface area contributed by atoms with Crippen LogP contribution < -0.4 is 0 Å². The van der Waals surface area contributed by atoms with Crippen LogP contribution in [-0.2, 0) is 14.3 Å². The van der Waals surface area contributed by atoms with Crippen LogP contribution in [0.5, 0.6) is 0 Å². The Morgan fingerprint density at radius 3 is 2.43 bits per heavy atom. The summed E-state index contributed by atoms with van der Waals surface area (Å²) < 4.78 is 9.70. The Morgan fingerprint density at radius 1 is 1.50 bits per heavy atom. The van der Waals surface area contributed by atoms with Gasteiger partial charge in [0.05, 0.1) is 13.2 Å². The van der Waals surface area contributed by atoms with Crippen LogP contribution in [0.1, 0.15) is 20.8 Å². The summed E-state index contributed by atoms with van der Waals surface area (Å²) in [4.78, 5) is 11.1. The number of hydrogen-bond donors (Lipinski definition) is 1. The van der Waals surface area contributed by atoms with E-state index in [1.165, 1.54) is 0 Å². The maximum Gasteiger partial charge on any atom is 0.384 e. The molecule has 1 rings (SSSR count). The van der Waals surface area contributed by atoms with Gasteiger partial charge in [-0.25, -0.2) is 4.79 Å². The molecule has 1 N–H and O–H groups in total. The number of ether oxygens (including phenoxy) is 2. The predicted molar refractivity (Wildman–Crippen MR) is 49.4 cm³/mol. The van der Waals surface area contributed by atoms with E-state index in [2.05, 4.69) is 11.8 Å². The van der Waals surface area contributed by atoms with Crippen LogP contribution in [0, 0.1) is 11.8 Å². The molecule has 1 fully saturated rings. The second kappa shape index (κ2) is 3.60. The van der Waals surface area contributed by atoms with Gasteiger partial charge in [-0.15, -0.1) is 0 Å². The summed E-state index contributed by atoms with van der Waals surface area (Å²) in [6.07, 6.45) is 0. The molecule has 1 saturated heterocycles. The van der Waals surface area contributed by atoms with Gasteiger partial charge in [-0.05, 0) is 20.8 Å². The van der Waals surface area contributed by atoms with Gasteiger partial charge in [0.1, 0.15) is 5.60 Å². The van der Waals surface area contributed by atoms with Crippen LogP contribution in [0.3, 0.4) is 0 Å². The van der Waals surface area contributed by atoms with Crippen molar-refractivity contribution >= 4 is 5.97 Å². The lowest BCUT2D eigenvalue weighted by molar-refractivity contribution is -0.148. The maximum absolute atomic E-state index is 11.1. The minimum atomic E-state index is -1.16. The van der Waals surface area contributed by atoms with Crippen molar-refractivity contribution in [2.24, 2.45) is 0 Å². The number of esters is 1. The lowest BCUT2D eigenvalue weighted by atomic mass is 10.0. The monoisotopic (exact) mass is 198 g/mol. The van der Waals surface area contributed by atoms with Crippen molar-refractivity contribution in [3.05, 3.63) is 0 Å². The molecule has 0 unspecified atom stereocenters. The molecule has 1 aliphatic rings. The number of carbonyl (C=O) groups excluding carboxylic acids is 1. The molecule has 0 spiro atoms. The number of aliphatic hydroxyl groups is 1. The molecule has 1 heterocycles. The SMILES string of the molecule is CC(C)(C)OC(=O)C#CC1(O)COC1. The predicted octanol–water partition coefficient (Wildman–Crippen LogP) is 0.0928. The van der Waals surface area contributed by atoms with Gasteiger partial charge < -0.3 is 14.6 Å². The van der Waals surface area contributed by atoms with Gasteiger partial charge in [-0.1, -0.05) is 5.92 Å². The van der Waals surface area contributed by atoms with Crippen molar-refractivity contribution in [3.8, 4) is 11.8 Å². The summed E-state index contributed by atoms with van der Waals surface area (Å²) in [6.45, 7) is 5.58. The highest BCUT2D eigenvalue weighted by molar-refractivity contribution is 5.89. The average molecular weight is 198 g/mol. The maximum atomic E-state index is 11.1. The van der Waals surface area contributed by atoms with Crippen LogP contribution in [0.4, 0.5) is 0 Å². The smallest absolute Gasteiger partial charge is 0.384 e. The zero-order valence-electron chi connectivity index (χ0n) is 8.59. The van der Waals surface area contributed by atoms with Crippen LogP contribution in [0.25, 0.3) is 0 Å². The van der Waals surface area contributed by atoms with Gasteiger partial charge in [-0.2, -0.15) is 0 Å². The molecule has 1 aliphatic heterocycles. The van der Waals surface area contributed by atoms with E-state index in [0.717, 1.165) is 0 Å². The molecule has 0 aromatic rings. The van der Waals surface area contributed by atoms with Gasteiger partial charge in [-0.3, -0.25) is 0 Å². The second-order valence-corrected chi connectivity index (χ2v) is 4.28. The average Bonchev–Trinajstić information content (AvgIpc) is 1.94. The molecule has 0 amide bonds. The van der Waals surface area contributed by atoms with E-state index < -0.39 is 17.2 Å². The lowest BCUT2D eigenvalue weighted by Crippen LogP contribution is -2.48. The Kier molecular flexibility index (Phi) is 2.84. The van der Waals surface area contributed by atoms with Gasteiger partial charge >= 0.3 is 5.97 Å². The van der Waals surface area contributed by atoms with Gasteiger partial charge in [0.15, 0.2) is 5.60 Å². The third kappa shape index (κ3) is 3.36.